The van der Waals surface area contributed by atoms with Gasteiger partial charge in [0.15, 0.2) is 0 Å². The van der Waals surface area contributed by atoms with Gasteiger partial charge in [-0.15, -0.1) is 0 Å². The molecule has 3 aromatic rings. The maximum atomic E-state index is 12.9. The Bertz CT molecular complexity index is 950. The molecule has 0 unspecified atom stereocenters. The summed E-state index contributed by atoms with van der Waals surface area (Å²) in [5, 5.41) is 3.09. The number of anilines is 2. The highest BCUT2D eigenvalue weighted by Crippen LogP contribution is 2.29. The van der Waals surface area contributed by atoms with E-state index in [1.165, 1.54) is 19.3 Å². The number of ether oxygens (including phenoxy) is 1. The molecule has 0 aliphatic carbocycles. The van der Waals surface area contributed by atoms with Crippen LogP contribution in [-0.4, -0.2) is 19.0 Å². The average Bonchev–Trinajstić information content (AvgIpc) is 2.79. The highest BCUT2D eigenvalue weighted by Gasteiger charge is 2.16. The molecule has 1 heterocycles. The Labute approximate surface area is 172 Å². The highest BCUT2D eigenvalue weighted by molar-refractivity contribution is 6.06. The van der Waals surface area contributed by atoms with Gasteiger partial charge in [0.05, 0.1) is 11.4 Å². The lowest BCUT2D eigenvalue weighted by molar-refractivity contribution is 0.102. The third kappa shape index (κ3) is 4.96. The quantitative estimate of drug-likeness (QED) is 0.607. The molecule has 4 heteroatoms. The number of hydrogen-bond acceptors (Lipinski definition) is 3. The molecule has 0 spiro atoms. The number of para-hydroxylation sites is 2. The van der Waals surface area contributed by atoms with E-state index in [1.807, 2.05) is 66.7 Å². The molecule has 3 aromatic carbocycles. The summed E-state index contributed by atoms with van der Waals surface area (Å²) in [5.74, 6) is 0.561. The highest BCUT2D eigenvalue weighted by atomic mass is 16.5. The van der Waals surface area contributed by atoms with E-state index < -0.39 is 0 Å². The van der Waals surface area contributed by atoms with Crippen molar-refractivity contribution in [2.24, 2.45) is 0 Å². The molecule has 1 N–H and O–H groups in total. The van der Waals surface area contributed by atoms with Crippen LogP contribution in [0.25, 0.3) is 0 Å². The summed E-state index contributed by atoms with van der Waals surface area (Å²) in [7, 11) is 0. The largest absolute Gasteiger partial charge is 0.489 e. The lowest BCUT2D eigenvalue weighted by Crippen LogP contribution is -2.30. The molecule has 4 nitrogen and oxygen atoms in total. The first-order chi connectivity index (χ1) is 14.3. The molecule has 29 heavy (non-hydrogen) atoms. The van der Waals surface area contributed by atoms with Crippen molar-refractivity contribution in [1.82, 2.24) is 0 Å². The maximum absolute atomic E-state index is 12.9. The van der Waals surface area contributed by atoms with Crippen molar-refractivity contribution >= 4 is 17.3 Å². The van der Waals surface area contributed by atoms with E-state index in [1.54, 1.807) is 6.07 Å². The first-order valence-electron chi connectivity index (χ1n) is 10.2. The Morgan fingerprint density at radius 1 is 0.862 bits per heavy atom. The number of amides is 1. The van der Waals surface area contributed by atoms with Crippen molar-refractivity contribution in [3.05, 3.63) is 90.0 Å². The minimum atomic E-state index is -0.125. The number of carbonyl (C=O) groups excluding carboxylic acids is 1. The molecule has 1 saturated heterocycles. The van der Waals surface area contributed by atoms with Gasteiger partial charge in [-0.2, -0.15) is 0 Å². The summed E-state index contributed by atoms with van der Waals surface area (Å²) < 4.78 is 5.86. The number of nitrogens with one attached hydrogen (secondary N) is 1. The van der Waals surface area contributed by atoms with Gasteiger partial charge in [0.25, 0.3) is 5.91 Å². The van der Waals surface area contributed by atoms with E-state index in [0.29, 0.717) is 17.9 Å². The van der Waals surface area contributed by atoms with Crippen LogP contribution in [0.15, 0.2) is 78.9 Å². The minimum absolute atomic E-state index is 0.125. The predicted molar refractivity (Wildman–Crippen MR) is 118 cm³/mol. The van der Waals surface area contributed by atoms with E-state index in [4.69, 9.17) is 4.74 Å². The molecule has 0 radical (unpaired) electrons. The number of hydrogen-bond donors (Lipinski definition) is 1. The fourth-order valence-corrected chi connectivity index (χ4v) is 3.65. The predicted octanol–water partition coefficient (Wildman–Crippen LogP) is 5.51. The standard InChI is InChI=1S/C25H26N2O2/c28-25(26-23-14-5-6-15-24(23)27-16-7-2-8-17-27)21-12-9-13-22(18-21)29-19-20-10-3-1-4-11-20/h1,3-6,9-15,18H,2,7-8,16-17,19H2,(H,26,28). The zero-order valence-corrected chi connectivity index (χ0v) is 16.5. The molecule has 0 aromatic heterocycles. The second-order valence-corrected chi connectivity index (χ2v) is 7.32. The van der Waals surface area contributed by atoms with Crippen molar-refractivity contribution in [3.63, 3.8) is 0 Å². The maximum Gasteiger partial charge on any atom is 0.255 e. The monoisotopic (exact) mass is 386 g/mol. The Kier molecular flexibility index (Phi) is 6.10. The van der Waals surface area contributed by atoms with Gasteiger partial charge in [-0.1, -0.05) is 48.5 Å². The van der Waals surface area contributed by atoms with Crippen molar-refractivity contribution < 1.29 is 9.53 Å². The van der Waals surface area contributed by atoms with Crippen LogP contribution in [-0.2, 0) is 6.61 Å². The van der Waals surface area contributed by atoms with Gasteiger partial charge < -0.3 is 15.0 Å². The van der Waals surface area contributed by atoms with Crippen LogP contribution >= 0.6 is 0 Å². The van der Waals surface area contributed by atoms with Gasteiger partial charge in [0.1, 0.15) is 12.4 Å². The van der Waals surface area contributed by atoms with Crippen molar-refractivity contribution in [1.29, 1.82) is 0 Å². The molecule has 4 rings (SSSR count). The van der Waals surface area contributed by atoms with Crippen LogP contribution in [0, 0.1) is 0 Å². The summed E-state index contributed by atoms with van der Waals surface area (Å²) in [6, 6.07) is 25.4. The third-order valence-electron chi connectivity index (χ3n) is 5.19. The molecular weight excluding hydrogens is 360 g/mol. The van der Waals surface area contributed by atoms with Gasteiger partial charge in [0, 0.05) is 18.7 Å². The molecule has 0 saturated carbocycles. The second kappa shape index (κ2) is 9.28. The SMILES string of the molecule is O=C(Nc1ccccc1N1CCCCC1)c1cccc(OCc2ccccc2)c1. The Hall–Kier alpha value is -3.27. The van der Waals surface area contributed by atoms with E-state index in [9.17, 15) is 4.79 Å². The normalized spacial score (nSPS) is 13.7. The summed E-state index contributed by atoms with van der Waals surface area (Å²) in [4.78, 5) is 15.2. The fourth-order valence-electron chi connectivity index (χ4n) is 3.65. The van der Waals surface area contributed by atoms with Crippen molar-refractivity contribution in [2.75, 3.05) is 23.3 Å². The van der Waals surface area contributed by atoms with Crippen LogP contribution in [0.2, 0.25) is 0 Å². The van der Waals surface area contributed by atoms with Gasteiger partial charge in [-0.05, 0) is 55.2 Å². The Morgan fingerprint density at radius 3 is 2.45 bits per heavy atom. The first-order valence-corrected chi connectivity index (χ1v) is 10.2. The second-order valence-electron chi connectivity index (χ2n) is 7.32. The molecule has 148 valence electrons. The van der Waals surface area contributed by atoms with Crippen LogP contribution in [0.3, 0.4) is 0 Å². The molecule has 0 bridgehead atoms. The number of carbonyl (C=O) groups is 1. The topological polar surface area (TPSA) is 41.6 Å². The van der Waals surface area contributed by atoms with Crippen LogP contribution < -0.4 is 15.0 Å². The smallest absolute Gasteiger partial charge is 0.255 e. The summed E-state index contributed by atoms with van der Waals surface area (Å²) in [5.41, 5.74) is 3.63. The van der Waals surface area contributed by atoms with Crippen LogP contribution in [0.4, 0.5) is 11.4 Å². The Balaban J connectivity index is 1.45. The van der Waals surface area contributed by atoms with Crippen LogP contribution in [0.1, 0.15) is 35.2 Å². The zero-order chi connectivity index (χ0) is 19.9. The summed E-state index contributed by atoms with van der Waals surface area (Å²) in [6.45, 7) is 2.55. The zero-order valence-electron chi connectivity index (χ0n) is 16.5. The van der Waals surface area contributed by atoms with Crippen molar-refractivity contribution in [2.45, 2.75) is 25.9 Å². The Morgan fingerprint density at radius 2 is 1.62 bits per heavy atom. The van der Waals surface area contributed by atoms with Gasteiger partial charge in [-0.3, -0.25) is 4.79 Å². The van der Waals surface area contributed by atoms with E-state index in [-0.39, 0.29) is 5.91 Å². The molecule has 0 atom stereocenters. The van der Waals surface area contributed by atoms with E-state index >= 15 is 0 Å². The van der Waals surface area contributed by atoms with Gasteiger partial charge in [0.2, 0.25) is 0 Å². The van der Waals surface area contributed by atoms with Gasteiger partial charge >= 0.3 is 0 Å². The molecule has 1 amide bonds. The molecule has 1 aliphatic heterocycles. The third-order valence-corrected chi connectivity index (χ3v) is 5.19. The average molecular weight is 386 g/mol. The lowest BCUT2D eigenvalue weighted by atomic mass is 10.1. The molecule has 1 aliphatic rings. The summed E-state index contributed by atoms with van der Waals surface area (Å²) >= 11 is 0. The number of rotatable bonds is 6. The molecular formula is C25H26N2O2. The van der Waals surface area contributed by atoms with E-state index in [2.05, 4.69) is 16.3 Å². The minimum Gasteiger partial charge on any atom is -0.489 e. The van der Waals surface area contributed by atoms with E-state index in [0.717, 1.165) is 30.0 Å². The number of nitrogens with zero attached hydrogens (tertiary/aromatic N) is 1. The lowest BCUT2D eigenvalue weighted by Gasteiger charge is -2.30. The van der Waals surface area contributed by atoms with Crippen LogP contribution in [0.5, 0.6) is 5.75 Å². The van der Waals surface area contributed by atoms with Crippen molar-refractivity contribution in [3.8, 4) is 5.75 Å². The van der Waals surface area contributed by atoms with Gasteiger partial charge in [-0.25, -0.2) is 0 Å². The summed E-state index contributed by atoms with van der Waals surface area (Å²) in [6.07, 6.45) is 3.67. The first kappa shape index (κ1) is 19.1. The fraction of sp³-hybridized carbons (Fsp3) is 0.240. The number of piperidine rings is 1. The number of benzene rings is 3. The molecule has 1 fully saturated rings.